The Kier molecular flexibility index (Phi) is 3.92. The Morgan fingerprint density at radius 3 is 3.00 bits per heavy atom. The van der Waals surface area contributed by atoms with E-state index in [0.717, 1.165) is 30.8 Å². The van der Waals surface area contributed by atoms with Crippen LogP contribution in [-0.2, 0) is 6.42 Å². The minimum atomic E-state index is 0.621. The van der Waals surface area contributed by atoms with Gasteiger partial charge in [-0.3, -0.25) is 0 Å². The van der Waals surface area contributed by atoms with Crippen molar-refractivity contribution in [3.05, 3.63) is 41.6 Å². The van der Waals surface area contributed by atoms with E-state index in [4.69, 9.17) is 5.26 Å². The van der Waals surface area contributed by atoms with Gasteiger partial charge in [-0.25, -0.2) is 9.97 Å². The van der Waals surface area contributed by atoms with E-state index in [9.17, 15) is 0 Å². The first-order chi connectivity index (χ1) is 8.81. The summed E-state index contributed by atoms with van der Waals surface area (Å²) in [4.78, 5) is 11.4. The van der Waals surface area contributed by atoms with Gasteiger partial charge in [-0.2, -0.15) is 5.26 Å². The highest BCUT2D eigenvalue weighted by molar-refractivity contribution is 5.55. The van der Waals surface area contributed by atoms with Gasteiger partial charge in [0.2, 0.25) is 0 Å². The van der Waals surface area contributed by atoms with Gasteiger partial charge in [-0.05, 0) is 25.0 Å². The van der Waals surface area contributed by atoms with Gasteiger partial charge in [0, 0.05) is 31.6 Å². The van der Waals surface area contributed by atoms with Gasteiger partial charge in [0.05, 0.1) is 5.56 Å². The maximum Gasteiger partial charge on any atom is 0.144 e. The normalized spacial score (nSPS) is 10.0. The number of hydrogen-bond donors (Lipinski definition) is 2. The fourth-order valence-corrected chi connectivity index (χ4v) is 1.73. The van der Waals surface area contributed by atoms with E-state index in [1.807, 2.05) is 19.2 Å². The number of rotatable bonds is 5. The van der Waals surface area contributed by atoms with Gasteiger partial charge in [-0.15, -0.1) is 0 Å². The fraction of sp³-hybridized carbons (Fsp3) is 0.308. The standard InChI is InChI=1S/C13H15N5/c1-10-4-6-18-13(11(10)9-14)17-5-2-3-12-15-7-8-16-12/h4,6-8H,2-3,5H2,1H3,(H,15,16)(H,17,18). The molecule has 0 radical (unpaired) electrons. The number of imidazole rings is 1. The number of aryl methyl sites for hydroxylation is 2. The van der Waals surface area contributed by atoms with E-state index in [-0.39, 0.29) is 0 Å². The van der Waals surface area contributed by atoms with E-state index >= 15 is 0 Å². The van der Waals surface area contributed by atoms with Gasteiger partial charge >= 0.3 is 0 Å². The maximum absolute atomic E-state index is 9.06. The molecule has 0 aliphatic carbocycles. The van der Waals surface area contributed by atoms with Crippen LogP contribution in [-0.4, -0.2) is 21.5 Å². The third kappa shape index (κ3) is 2.86. The van der Waals surface area contributed by atoms with Crippen molar-refractivity contribution in [2.24, 2.45) is 0 Å². The molecule has 2 aromatic heterocycles. The Morgan fingerprint density at radius 2 is 2.28 bits per heavy atom. The number of aromatic nitrogens is 3. The largest absolute Gasteiger partial charge is 0.369 e. The molecule has 0 atom stereocenters. The minimum Gasteiger partial charge on any atom is -0.369 e. The molecule has 0 spiro atoms. The molecule has 2 N–H and O–H groups in total. The molecule has 0 aliphatic rings. The molecular weight excluding hydrogens is 226 g/mol. The topological polar surface area (TPSA) is 77.4 Å². The van der Waals surface area contributed by atoms with Crippen molar-refractivity contribution in [3.63, 3.8) is 0 Å². The summed E-state index contributed by atoms with van der Waals surface area (Å²) in [6, 6.07) is 4.01. The third-order valence-electron chi connectivity index (χ3n) is 2.71. The lowest BCUT2D eigenvalue weighted by molar-refractivity contribution is 0.813. The van der Waals surface area contributed by atoms with Gasteiger partial charge in [0.25, 0.3) is 0 Å². The Morgan fingerprint density at radius 1 is 1.39 bits per heavy atom. The zero-order chi connectivity index (χ0) is 12.8. The number of hydrogen-bond acceptors (Lipinski definition) is 4. The van der Waals surface area contributed by atoms with E-state index in [0.29, 0.717) is 11.4 Å². The van der Waals surface area contributed by atoms with Crippen molar-refractivity contribution < 1.29 is 0 Å². The molecule has 2 heterocycles. The molecule has 0 amide bonds. The van der Waals surface area contributed by atoms with E-state index in [1.165, 1.54) is 0 Å². The Labute approximate surface area is 106 Å². The van der Waals surface area contributed by atoms with Crippen LogP contribution in [0.1, 0.15) is 23.4 Å². The highest BCUT2D eigenvalue weighted by Gasteiger charge is 2.05. The second kappa shape index (κ2) is 5.82. The number of aromatic amines is 1. The van der Waals surface area contributed by atoms with Gasteiger partial charge < -0.3 is 10.3 Å². The molecule has 2 rings (SSSR count). The van der Waals surface area contributed by atoms with Crippen molar-refractivity contribution in [2.75, 3.05) is 11.9 Å². The summed E-state index contributed by atoms with van der Waals surface area (Å²) in [5, 5.41) is 12.3. The molecule has 0 aromatic carbocycles. The van der Waals surface area contributed by atoms with E-state index in [2.05, 4.69) is 26.3 Å². The fourth-order valence-electron chi connectivity index (χ4n) is 1.73. The molecule has 92 valence electrons. The number of nitriles is 1. The minimum absolute atomic E-state index is 0.621. The second-order valence-corrected chi connectivity index (χ2v) is 4.03. The predicted octanol–water partition coefficient (Wildman–Crippen LogP) is 2.03. The van der Waals surface area contributed by atoms with Crippen LogP contribution in [0.4, 0.5) is 5.82 Å². The lowest BCUT2D eigenvalue weighted by atomic mass is 10.1. The van der Waals surface area contributed by atoms with Crippen LogP contribution in [0.2, 0.25) is 0 Å². The summed E-state index contributed by atoms with van der Waals surface area (Å²) >= 11 is 0. The Balaban J connectivity index is 1.87. The quantitative estimate of drug-likeness (QED) is 0.785. The summed E-state index contributed by atoms with van der Waals surface area (Å²) in [6.07, 6.45) is 7.10. The number of nitrogens with zero attached hydrogens (tertiary/aromatic N) is 3. The first-order valence-corrected chi connectivity index (χ1v) is 5.89. The van der Waals surface area contributed by atoms with Crippen LogP contribution < -0.4 is 5.32 Å². The zero-order valence-electron chi connectivity index (χ0n) is 10.3. The first-order valence-electron chi connectivity index (χ1n) is 5.89. The molecule has 5 heteroatoms. The van der Waals surface area contributed by atoms with Crippen LogP contribution in [0, 0.1) is 18.3 Å². The summed E-state index contributed by atoms with van der Waals surface area (Å²) in [6.45, 7) is 2.68. The molecule has 0 unspecified atom stereocenters. The zero-order valence-corrected chi connectivity index (χ0v) is 10.3. The van der Waals surface area contributed by atoms with Crippen molar-refractivity contribution in [3.8, 4) is 6.07 Å². The molecular formula is C13H15N5. The summed E-state index contributed by atoms with van der Waals surface area (Å²) < 4.78 is 0. The first kappa shape index (κ1) is 12.1. The molecule has 0 bridgehead atoms. The summed E-state index contributed by atoms with van der Waals surface area (Å²) in [7, 11) is 0. The van der Waals surface area contributed by atoms with Crippen LogP contribution in [0.3, 0.4) is 0 Å². The number of anilines is 1. The number of H-pyrrole nitrogens is 1. The number of pyridine rings is 1. The van der Waals surface area contributed by atoms with Crippen LogP contribution in [0.15, 0.2) is 24.7 Å². The van der Waals surface area contributed by atoms with E-state index in [1.54, 1.807) is 12.4 Å². The molecule has 18 heavy (non-hydrogen) atoms. The molecule has 0 aliphatic heterocycles. The SMILES string of the molecule is Cc1ccnc(NCCCc2ncc[nH]2)c1C#N. The maximum atomic E-state index is 9.06. The van der Waals surface area contributed by atoms with Crippen molar-refractivity contribution in [1.82, 2.24) is 15.0 Å². The van der Waals surface area contributed by atoms with Crippen LogP contribution in [0.25, 0.3) is 0 Å². The van der Waals surface area contributed by atoms with Crippen molar-refractivity contribution >= 4 is 5.82 Å². The molecule has 0 fully saturated rings. The number of nitrogens with one attached hydrogen (secondary N) is 2. The monoisotopic (exact) mass is 241 g/mol. The predicted molar refractivity (Wildman–Crippen MR) is 69.1 cm³/mol. The molecule has 5 nitrogen and oxygen atoms in total. The summed E-state index contributed by atoms with van der Waals surface area (Å²) in [5.74, 6) is 1.64. The van der Waals surface area contributed by atoms with Crippen LogP contribution >= 0.6 is 0 Å². The lowest BCUT2D eigenvalue weighted by Gasteiger charge is -2.07. The van der Waals surface area contributed by atoms with Crippen LogP contribution in [0.5, 0.6) is 0 Å². The second-order valence-electron chi connectivity index (χ2n) is 4.03. The smallest absolute Gasteiger partial charge is 0.144 e. The molecule has 0 saturated carbocycles. The van der Waals surface area contributed by atoms with E-state index < -0.39 is 0 Å². The highest BCUT2D eigenvalue weighted by Crippen LogP contribution is 2.14. The van der Waals surface area contributed by atoms with Crippen molar-refractivity contribution in [1.29, 1.82) is 5.26 Å². The van der Waals surface area contributed by atoms with Gasteiger partial charge in [0.1, 0.15) is 17.7 Å². The average molecular weight is 241 g/mol. The lowest BCUT2D eigenvalue weighted by Crippen LogP contribution is -2.07. The summed E-state index contributed by atoms with van der Waals surface area (Å²) in [5.41, 5.74) is 1.57. The van der Waals surface area contributed by atoms with Gasteiger partial charge in [-0.1, -0.05) is 0 Å². The van der Waals surface area contributed by atoms with Gasteiger partial charge in [0.15, 0.2) is 0 Å². The van der Waals surface area contributed by atoms with Crippen molar-refractivity contribution in [2.45, 2.75) is 19.8 Å². The third-order valence-corrected chi connectivity index (χ3v) is 2.71. The molecule has 2 aromatic rings. The average Bonchev–Trinajstić information content (AvgIpc) is 2.88. The Hall–Kier alpha value is -2.35. The Bertz CT molecular complexity index is 539. The highest BCUT2D eigenvalue weighted by atomic mass is 15.0. The molecule has 0 saturated heterocycles.